The Bertz CT molecular complexity index is 878. The second-order valence-corrected chi connectivity index (χ2v) is 8.64. The minimum atomic E-state index is -0.0855. The number of amides is 2. The molecule has 2 aromatic carbocycles. The standard InChI is InChI=1S/C23H26N2O3S/c1-28-20-9-5-8-19(14-20)25-21(26)15-29-23(25)17-10-12-18(13-11-17)24-22(27)16-6-3-2-4-7-16/h5,8-14,16,23H,2-4,6-7,15H2,1H3,(H,24,27). The van der Waals surface area contributed by atoms with Gasteiger partial charge in [0, 0.05) is 23.4 Å². The predicted molar refractivity (Wildman–Crippen MR) is 117 cm³/mol. The predicted octanol–water partition coefficient (Wildman–Crippen LogP) is 4.99. The number of methoxy groups -OCH3 is 1. The van der Waals surface area contributed by atoms with E-state index in [-0.39, 0.29) is 23.1 Å². The smallest absolute Gasteiger partial charge is 0.238 e. The number of nitrogens with one attached hydrogen (secondary N) is 1. The number of anilines is 2. The fourth-order valence-electron chi connectivity index (χ4n) is 4.05. The Hall–Kier alpha value is -2.47. The van der Waals surface area contributed by atoms with E-state index < -0.39 is 0 Å². The van der Waals surface area contributed by atoms with E-state index in [9.17, 15) is 9.59 Å². The molecular formula is C23H26N2O3S. The molecule has 152 valence electrons. The van der Waals surface area contributed by atoms with E-state index in [1.165, 1.54) is 6.42 Å². The van der Waals surface area contributed by atoms with Gasteiger partial charge in [-0.25, -0.2) is 0 Å². The molecule has 1 saturated carbocycles. The van der Waals surface area contributed by atoms with Crippen molar-refractivity contribution in [2.75, 3.05) is 23.1 Å². The SMILES string of the molecule is COc1cccc(N2C(=O)CSC2c2ccc(NC(=O)C3CCCCC3)cc2)c1. The van der Waals surface area contributed by atoms with Crippen LogP contribution >= 0.6 is 11.8 Å². The summed E-state index contributed by atoms with van der Waals surface area (Å²) in [5, 5.41) is 2.97. The van der Waals surface area contributed by atoms with Crippen molar-refractivity contribution < 1.29 is 14.3 Å². The maximum absolute atomic E-state index is 12.6. The van der Waals surface area contributed by atoms with Crippen molar-refractivity contribution in [2.24, 2.45) is 5.92 Å². The quantitative estimate of drug-likeness (QED) is 0.754. The largest absolute Gasteiger partial charge is 0.497 e. The lowest BCUT2D eigenvalue weighted by Crippen LogP contribution is -2.27. The van der Waals surface area contributed by atoms with Crippen LogP contribution in [0, 0.1) is 5.92 Å². The molecule has 6 heteroatoms. The first-order chi connectivity index (χ1) is 14.2. The maximum atomic E-state index is 12.6. The van der Waals surface area contributed by atoms with Gasteiger partial charge in [0.05, 0.1) is 12.9 Å². The summed E-state index contributed by atoms with van der Waals surface area (Å²) in [4.78, 5) is 26.8. The van der Waals surface area contributed by atoms with Crippen LogP contribution in [0.4, 0.5) is 11.4 Å². The first kappa shape index (κ1) is 19.8. The van der Waals surface area contributed by atoms with Crippen LogP contribution in [0.15, 0.2) is 48.5 Å². The highest BCUT2D eigenvalue weighted by atomic mass is 32.2. The summed E-state index contributed by atoms with van der Waals surface area (Å²) in [5.41, 5.74) is 2.69. The van der Waals surface area contributed by atoms with E-state index in [0.29, 0.717) is 5.75 Å². The van der Waals surface area contributed by atoms with E-state index >= 15 is 0 Å². The van der Waals surface area contributed by atoms with Crippen LogP contribution < -0.4 is 15.0 Å². The van der Waals surface area contributed by atoms with Gasteiger partial charge < -0.3 is 10.1 Å². The van der Waals surface area contributed by atoms with Gasteiger partial charge >= 0.3 is 0 Å². The van der Waals surface area contributed by atoms with E-state index in [1.807, 2.05) is 53.4 Å². The van der Waals surface area contributed by atoms with Crippen LogP contribution in [-0.4, -0.2) is 24.7 Å². The van der Waals surface area contributed by atoms with E-state index in [1.54, 1.807) is 18.9 Å². The van der Waals surface area contributed by atoms with Gasteiger partial charge in [0.15, 0.2) is 0 Å². The number of carbonyl (C=O) groups excluding carboxylic acids is 2. The van der Waals surface area contributed by atoms with Gasteiger partial charge in [0.2, 0.25) is 11.8 Å². The summed E-state index contributed by atoms with van der Waals surface area (Å²) in [6, 6.07) is 15.4. The monoisotopic (exact) mass is 410 g/mol. The number of thioether (sulfide) groups is 1. The van der Waals surface area contributed by atoms with Crippen LogP contribution in [0.5, 0.6) is 5.75 Å². The summed E-state index contributed by atoms with van der Waals surface area (Å²) >= 11 is 1.61. The second kappa shape index (κ2) is 8.91. The molecule has 1 heterocycles. The number of hydrogen-bond acceptors (Lipinski definition) is 4. The zero-order chi connectivity index (χ0) is 20.2. The lowest BCUT2D eigenvalue weighted by atomic mass is 9.88. The van der Waals surface area contributed by atoms with Crippen molar-refractivity contribution in [1.82, 2.24) is 0 Å². The van der Waals surface area contributed by atoms with Crippen LogP contribution in [0.3, 0.4) is 0 Å². The van der Waals surface area contributed by atoms with E-state index in [2.05, 4.69) is 5.32 Å². The van der Waals surface area contributed by atoms with Crippen LogP contribution in [0.2, 0.25) is 0 Å². The first-order valence-electron chi connectivity index (χ1n) is 10.1. The molecule has 2 amide bonds. The maximum Gasteiger partial charge on any atom is 0.238 e. The molecule has 2 aliphatic rings. The Balaban J connectivity index is 1.48. The Morgan fingerprint density at radius 3 is 2.59 bits per heavy atom. The van der Waals surface area contributed by atoms with Crippen LogP contribution in [-0.2, 0) is 9.59 Å². The van der Waals surface area contributed by atoms with Gasteiger partial charge in [-0.05, 0) is 42.7 Å². The molecule has 1 aliphatic carbocycles. The Kier molecular flexibility index (Phi) is 6.09. The molecule has 1 atom stereocenters. The highest BCUT2D eigenvalue weighted by Crippen LogP contribution is 2.42. The zero-order valence-electron chi connectivity index (χ0n) is 16.6. The molecule has 4 rings (SSSR count). The third kappa shape index (κ3) is 4.42. The van der Waals surface area contributed by atoms with E-state index in [4.69, 9.17) is 4.74 Å². The van der Waals surface area contributed by atoms with Crippen molar-refractivity contribution in [1.29, 1.82) is 0 Å². The van der Waals surface area contributed by atoms with Crippen LogP contribution in [0.25, 0.3) is 0 Å². The molecule has 1 saturated heterocycles. The topological polar surface area (TPSA) is 58.6 Å². The molecular weight excluding hydrogens is 384 g/mol. The van der Waals surface area contributed by atoms with Gasteiger partial charge in [-0.1, -0.05) is 37.5 Å². The molecule has 0 bridgehead atoms. The van der Waals surface area contributed by atoms with Gasteiger partial charge in [-0.3, -0.25) is 14.5 Å². The Morgan fingerprint density at radius 2 is 1.86 bits per heavy atom. The number of ether oxygens (including phenoxy) is 1. The summed E-state index contributed by atoms with van der Waals surface area (Å²) in [5.74, 6) is 1.52. The normalized spacial score (nSPS) is 20.0. The van der Waals surface area contributed by atoms with Crippen molar-refractivity contribution >= 4 is 35.0 Å². The Morgan fingerprint density at radius 1 is 1.10 bits per heavy atom. The first-order valence-corrected chi connectivity index (χ1v) is 11.2. The molecule has 0 radical (unpaired) electrons. The molecule has 1 N–H and O–H groups in total. The average molecular weight is 411 g/mol. The summed E-state index contributed by atoms with van der Waals surface area (Å²) in [6.07, 6.45) is 5.49. The molecule has 2 fully saturated rings. The lowest BCUT2D eigenvalue weighted by Gasteiger charge is -2.25. The summed E-state index contributed by atoms with van der Waals surface area (Å²) in [7, 11) is 1.62. The van der Waals surface area contributed by atoms with Gasteiger partial charge in [0.25, 0.3) is 0 Å². The molecule has 5 nitrogen and oxygen atoms in total. The van der Waals surface area contributed by atoms with Gasteiger partial charge in [0.1, 0.15) is 11.1 Å². The van der Waals surface area contributed by atoms with Crippen molar-refractivity contribution in [3.8, 4) is 5.75 Å². The minimum absolute atomic E-state index is 0.0855. The molecule has 29 heavy (non-hydrogen) atoms. The fourth-order valence-corrected chi connectivity index (χ4v) is 5.23. The minimum Gasteiger partial charge on any atom is -0.497 e. The summed E-state index contributed by atoms with van der Waals surface area (Å²) < 4.78 is 5.31. The molecule has 1 unspecified atom stereocenters. The number of hydrogen-bond donors (Lipinski definition) is 1. The fraction of sp³-hybridized carbons (Fsp3) is 0.391. The second-order valence-electron chi connectivity index (χ2n) is 7.57. The van der Waals surface area contributed by atoms with Crippen molar-refractivity contribution in [3.63, 3.8) is 0 Å². The lowest BCUT2D eigenvalue weighted by molar-refractivity contribution is -0.120. The van der Waals surface area contributed by atoms with Gasteiger partial charge in [-0.15, -0.1) is 11.8 Å². The summed E-state index contributed by atoms with van der Waals surface area (Å²) in [6.45, 7) is 0. The zero-order valence-corrected chi connectivity index (χ0v) is 17.4. The highest BCUT2D eigenvalue weighted by Gasteiger charge is 2.34. The number of carbonyl (C=O) groups is 2. The van der Waals surface area contributed by atoms with Crippen molar-refractivity contribution in [2.45, 2.75) is 37.5 Å². The number of rotatable bonds is 5. The molecule has 1 aliphatic heterocycles. The number of nitrogens with zero attached hydrogens (tertiary/aromatic N) is 1. The third-order valence-electron chi connectivity index (χ3n) is 5.64. The third-order valence-corrected chi connectivity index (χ3v) is 6.85. The number of benzene rings is 2. The molecule has 0 spiro atoms. The van der Waals surface area contributed by atoms with E-state index in [0.717, 1.165) is 48.4 Å². The molecule has 2 aromatic rings. The highest BCUT2D eigenvalue weighted by molar-refractivity contribution is 8.00. The van der Waals surface area contributed by atoms with Crippen LogP contribution in [0.1, 0.15) is 43.0 Å². The Labute approximate surface area is 175 Å². The van der Waals surface area contributed by atoms with Gasteiger partial charge in [-0.2, -0.15) is 0 Å². The average Bonchev–Trinajstić information content (AvgIpc) is 3.16. The van der Waals surface area contributed by atoms with Crippen molar-refractivity contribution in [3.05, 3.63) is 54.1 Å². The molecule has 0 aromatic heterocycles.